The van der Waals surface area contributed by atoms with Crippen LogP contribution in [0.25, 0.3) is 0 Å². The molecule has 1 aromatic rings. The molecule has 21 heavy (non-hydrogen) atoms. The third-order valence-corrected chi connectivity index (χ3v) is 4.69. The molecule has 4 heteroatoms. The van der Waals surface area contributed by atoms with Crippen LogP contribution in [0.15, 0.2) is 24.3 Å². The summed E-state index contributed by atoms with van der Waals surface area (Å²) in [6.45, 7) is 5.63. The van der Waals surface area contributed by atoms with Gasteiger partial charge in [0, 0.05) is 12.6 Å². The van der Waals surface area contributed by atoms with E-state index in [1.54, 1.807) is 12.1 Å². The van der Waals surface area contributed by atoms with Gasteiger partial charge in [-0.25, -0.2) is 0 Å². The summed E-state index contributed by atoms with van der Waals surface area (Å²) in [4.78, 5) is 14.0. The van der Waals surface area contributed by atoms with Crippen LogP contribution in [-0.4, -0.2) is 34.2 Å². The minimum Gasteiger partial charge on any atom is -0.508 e. The van der Waals surface area contributed by atoms with Gasteiger partial charge in [0.1, 0.15) is 5.75 Å². The highest BCUT2D eigenvalue weighted by Gasteiger charge is 2.42. The van der Waals surface area contributed by atoms with Crippen molar-refractivity contribution in [1.82, 2.24) is 4.90 Å². The highest BCUT2D eigenvalue weighted by molar-refractivity contribution is 5.75. The molecule has 1 aliphatic heterocycles. The lowest BCUT2D eigenvalue weighted by Crippen LogP contribution is -2.48. The van der Waals surface area contributed by atoms with E-state index in [2.05, 4.69) is 11.8 Å². The minimum atomic E-state index is -0.669. The third kappa shape index (κ3) is 3.38. The number of rotatable bonds is 5. The first-order valence-electron chi connectivity index (χ1n) is 7.75. The maximum absolute atomic E-state index is 11.8. The fourth-order valence-corrected chi connectivity index (χ4v) is 3.46. The number of aliphatic carboxylic acids is 1. The van der Waals surface area contributed by atoms with Gasteiger partial charge in [-0.1, -0.05) is 25.5 Å². The predicted molar refractivity (Wildman–Crippen MR) is 82.3 cm³/mol. The Balaban J connectivity index is 2.18. The van der Waals surface area contributed by atoms with Crippen molar-refractivity contribution in [2.75, 3.05) is 13.1 Å². The topological polar surface area (TPSA) is 60.8 Å². The van der Waals surface area contributed by atoms with Crippen molar-refractivity contribution < 1.29 is 15.0 Å². The molecule has 0 bridgehead atoms. The van der Waals surface area contributed by atoms with Crippen molar-refractivity contribution in [3.05, 3.63) is 29.8 Å². The summed E-state index contributed by atoms with van der Waals surface area (Å²) in [7, 11) is 0. The first-order chi connectivity index (χ1) is 9.98. The van der Waals surface area contributed by atoms with Crippen molar-refractivity contribution in [3.8, 4) is 5.75 Å². The standard InChI is InChI=1S/C17H25NO3/c1-3-8-17(16(20)21)9-5-10-18(12-17)13(2)14-6-4-7-15(19)11-14/h4,6-7,11,13,19H,3,5,8-10,12H2,1-2H3,(H,20,21). The molecular formula is C17H25NO3. The van der Waals surface area contributed by atoms with Gasteiger partial charge >= 0.3 is 5.97 Å². The Morgan fingerprint density at radius 1 is 1.48 bits per heavy atom. The van der Waals surface area contributed by atoms with Crippen molar-refractivity contribution in [1.29, 1.82) is 0 Å². The maximum atomic E-state index is 11.8. The number of phenolic OH excluding ortho intramolecular Hbond substituents is 1. The number of carboxylic acids is 1. The molecule has 1 fully saturated rings. The predicted octanol–water partition coefficient (Wildman–Crippen LogP) is 3.42. The van der Waals surface area contributed by atoms with Gasteiger partial charge in [0.15, 0.2) is 0 Å². The van der Waals surface area contributed by atoms with Crippen LogP contribution in [-0.2, 0) is 4.79 Å². The molecule has 2 atom stereocenters. The van der Waals surface area contributed by atoms with E-state index in [1.165, 1.54) is 0 Å². The fraction of sp³-hybridized carbons (Fsp3) is 0.588. The van der Waals surface area contributed by atoms with Gasteiger partial charge in [-0.15, -0.1) is 0 Å². The van der Waals surface area contributed by atoms with Crippen LogP contribution in [0.3, 0.4) is 0 Å². The molecule has 0 amide bonds. The van der Waals surface area contributed by atoms with Crippen molar-refractivity contribution in [2.24, 2.45) is 5.41 Å². The summed E-state index contributed by atoms with van der Waals surface area (Å²) in [5.41, 5.74) is 0.422. The van der Waals surface area contributed by atoms with E-state index >= 15 is 0 Å². The van der Waals surface area contributed by atoms with Gasteiger partial charge in [0.2, 0.25) is 0 Å². The van der Waals surface area contributed by atoms with Gasteiger partial charge in [-0.2, -0.15) is 0 Å². The van der Waals surface area contributed by atoms with E-state index in [9.17, 15) is 15.0 Å². The summed E-state index contributed by atoms with van der Waals surface area (Å²) in [5, 5.41) is 19.3. The molecule has 0 aliphatic carbocycles. The minimum absolute atomic E-state index is 0.119. The first kappa shape index (κ1) is 15.8. The first-order valence-corrected chi connectivity index (χ1v) is 7.75. The molecule has 1 aromatic carbocycles. The summed E-state index contributed by atoms with van der Waals surface area (Å²) in [6.07, 6.45) is 3.29. The van der Waals surface area contributed by atoms with Crippen LogP contribution in [0.5, 0.6) is 5.75 Å². The largest absolute Gasteiger partial charge is 0.508 e. The molecule has 2 unspecified atom stereocenters. The van der Waals surface area contributed by atoms with E-state index in [1.807, 2.05) is 19.1 Å². The Bertz CT molecular complexity index is 499. The molecule has 1 aliphatic rings. The van der Waals surface area contributed by atoms with E-state index in [0.29, 0.717) is 6.54 Å². The monoisotopic (exact) mass is 291 g/mol. The normalized spacial score (nSPS) is 24.7. The van der Waals surface area contributed by atoms with Crippen LogP contribution in [0, 0.1) is 5.41 Å². The van der Waals surface area contributed by atoms with Crippen LogP contribution in [0.2, 0.25) is 0 Å². The molecule has 0 saturated carbocycles. The number of hydrogen-bond donors (Lipinski definition) is 2. The lowest BCUT2D eigenvalue weighted by Gasteiger charge is -2.42. The molecule has 1 saturated heterocycles. The second-order valence-electron chi connectivity index (χ2n) is 6.18. The zero-order valence-corrected chi connectivity index (χ0v) is 12.9. The molecule has 0 aromatic heterocycles. The maximum Gasteiger partial charge on any atom is 0.310 e. The summed E-state index contributed by atoms with van der Waals surface area (Å²) >= 11 is 0. The zero-order chi connectivity index (χ0) is 15.5. The number of phenols is 1. The van der Waals surface area contributed by atoms with Gasteiger partial charge in [0.05, 0.1) is 5.41 Å². The van der Waals surface area contributed by atoms with Crippen LogP contribution in [0.1, 0.15) is 51.1 Å². The van der Waals surface area contributed by atoms with E-state index in [0.717, 1.165) is 37.8 Å². The zero-order valence-electron chi connectivity index (χ0n) is 12.9. The molecule has 0 spiro atoms. The van der Waals surface area contributed by atoms with Gasteiger partial charge in [0.25, 0.3) is 0 Å². The lowest BCUT2D eigenvalue weighted by atomic mass is 9.76. The smallest absolute Gasteiger partial charge is 0.310 e. The second-order valence-corrected chi connectivity index (χ2v) is 6.18. The van der Waals surface area contributed by atoms with Gasteiger partial charge in [-0.3, -0.25) is 9.69 Å². The van der Waals surface area contributed by atoms with Crippen LogP contribution < -0.4 is 0 Å². The Kier molecular flexibility index (Phi) is 4.88. The fourth-order valence-electron chi connectivity index (χ4n) is 3.46. The van der Waals surface area contributed by atoms with Gasteiger partial charge in [-0.05, 0) is 50.4 Å². The number of likely N-dealkylation sites (tertiary alicyclic amines) is 1. The molecule has 0 radical (unpaired) electrons. The van der Waals surface area contributed by atoms with Crippen LogP contribution in [0.4, 0.5) is 0 Å². The highest BCUT2D eigenvalue weighted by Crippen LogP contribution is 2.38. The van der Waals surface area contributed by atoms with Crippen molar-refractivity contribution in [2.45, 2.75) is 45.6 Å². The number of carbonyl (C=O) groups is 1. The SMILES string of the molecule is CCCC1(C(=O)O)CCCN(C(C)c2cccc(O)c2)C1. The van der Waals surface area contributed by atoms with Crippen LogP contribution >= 0.6 is 0 Å². The van der Waals surface area contributed by atoms with E-state index in [4.69, 9.17) is 0 Å². The average molecular weight is 291 g/mol. The molecular weight excluding hydrogens is 266 g/mol. The van der Waals surface area contributed by atoms with E-state index in [-0.39, 0.29) is 11.8 Å². The Morgan fingerprint density at radius 3 is 2.86 bits per heavy atom. The lowest BCUT2D eigenvalue weighted by molar-refractivity contribution is -0.154. The number of carboxylic acid groups (broad SMARTS) is 1. The quantitative estimate of drug-likeness (QED) is 0.872. The number of piperidine rings is 1. The van der Waals surface area contributed by atoms with Gasteiger partial charge < -0.3 is 10.2 Å². The molecule has 1 heterocycles. The van der Waals surface area contributed by atoms with Crippen molar-refractivity contribution in [3.63, 3.8) is 0 Å². The average Bonchev–Trinajstić information content (AvgIpc) is 2.47. The summed E-state index contributed by atoms with van der Waals surface area (Å²) in [6, 6.07) is 7.36. The molecule has 2 rings (SSSR count). The highest BCUT2D eigenvalue weighted by atomic mass is 16.4. The molecule has 116 valence electrons. The number of aromatic hydroxyl groups is 1. The molecule has 2 N–H and O–H groups in total. The number of benzene rings is 1. The summed E-state index contributed by atoms with van der Waals surface area (Å²) < 4.78 is 0. The second kappa shape index (κ2) is 6.48. The molecule has 4 nitrogen and oxygen atoms in total. The summed E-state index contributed by atoms with van der Waals surface area (Å²) in [5.74, 6) is -0.411. The third-order valence-electron chi connectivity index (χ3n) is 4.69. The van der Waals surface area contributed by atoms with E-state index < -0.39 is 11.4 Å². The Hall–Kier alpha value is -1.55. The Labute approximate surface area is 126 Å². The number of hydrogen-bond acceptors (Lipinski definition) is 3. The van der Waals surface area contributed by atoms with Crippen molar-refractivity contribution >= 4 is 5.97 Å². The Morgan fingerprint density at radius 2 is 2.24 bits per heavy atom. The number of nitrogens with zero attached hydrogens (tertiary/aromatic N) is 1.